The van der Waals surface area contributed by atoms with Crippen LogP contribution in [0.25, 0.3) is 0 Å². The monoisotopic (exact) mass is 401 g/mol. The minimum absolute atomic E-state index is 0.374. The number of hydrogen-bond acceptors (Lipinski definition) is 5. The highest BCUT2D eigenvalue weighted by atomic mass is 79.9. The minimum atomic E-state index is -0.503. The zero-order chi connectivity index (χ0) is 18.2. The molecule has 0 aliphatic carbocycles. The molecule has 0 heterocycles. The quantitative estimate of drug-likeness (QED) is 0.553. The van der Waals surface area contributed by atoms with E-state index in [9.17, 15) is 9.59 Å². The lowest BCUT2D eigenvalue weighted by Gasteiger charge is -2.19. The Morgan fingerprint density at radius 1 is 1.21 bits per heavy atom. The summed E-state index contributed by atoms with van der Waals surface area (Å²) < 4.78 is 16.3. The van der Waals surface area contributed by atoms with Crippen molar-refractivity contribution < 1.29 is 23.8 Å². The fraction of sp³-hybridized carbons (Fsp3) is 0.529. The van der Waals surface area contributed by atoms with Gasteiger partial charge in [0.25, 0.3) is 0 Å². The summed E-state index contributed by atoms with van der Waals surface area (Å²) in [6.45, 7) is 6.37. The number of carbonyl (C=O) groups excluding carboxylic acids is 2. The van der Waals surface area contributed by atoms with Crippen molar-refractivity contribution in [3.63, 3.8) is 0 Å². The molecule has 0 aliphatic rings. The van der Waals surface area contributed by atoms with E-state index >= 15 is 0 Å². The Balaban J connectivity index is 2.36. The molecule has 0 unspecified atom stereocenters. The predicted octanol–water partition coefficient (Wildman–Crippen LogP) is 3.92. The summed E-state index contributed by atoms with van der Waals surface area (Å²) >= 11 is 3.37. The Morgan fingerprint density at radius 2 is 1.92 bits per heavy atom. The first-order valence-corrected chi connectivity index (χ1v) is 8.50. The molecule has 0 saturated carbocycles. The second-order valence-electron chi connectivity index (χ2n) is 6.09. The van der Waals surface area contributed by atoms with Crippen LogP contribution in [-0.4, -0.2) is 37.9 Å². The second kappa shape index (κ2) is 9.52. The number of rotatable bonds is 7. The van der Waals surface area contributed by atoms with Crippen LogP contribution in [0.3, 0.4) is 0 Å². The van der Waals surface area contributed by atoms with E-state index in [1.807, 2.05) is 20.8 Å². The van der Waals surface area contributed by atoms with Gasteiger partial charge in [0.1, 0.15) is 16.9 Å². The number of alkyl carbamates (subject to hydrolysis) is 1. The zero-order valence-electron chi connectivity index (χ0n) is 14.5. The molecule has 7 heteroatoms. The molecule has 6 nitrogen and oxygen atoms in total. The number of esters is 1. The maximum atomic E-state index is 11.7. The van der Waals surface area contributed by atoms with Crippen LogP contribution in [0, 0.1) is 0 Å². The van der Waals surface area contributed by atoms with Gasteiger partial charge >= 0.3 is 12.1 Å². The Labute approximate surface area is 151 Å². The number of benzene rings is 1. The number of hydrogen-bond donors (Lipinski definition) is 1. The fourth-order valence-electron chi connectivity index (χ4n) is 1.83. The lowest BCUT2D eigenvalue weighted by atomic mass is 10.2. The fourth-order valence-corrected chi connectivity index (χ4v) is 2.31. The van der Waals surface area contributed by atoms with Crippen LogP contribution in [0.1, 0.15) is 44.0 Å². The maximum absolute atomic E-state index is 11.7. The van der Waals surface area contributed by atoms with E-state index in [1.54, 1.807) is 18.2 Å². The van der Waals surface area contributed by atoms with E-state index in [-0.39, 0.29) is 0 Å². The van der Waals surface area contributed by atoms with Crippen LogP contribution in [-0.2, 0) is 9.47 Å². The third-order valence-electron chi connectivity index (χ3n) is 2.86. The number of ether oxygens (including phenoxy) is 3. The summed E-state index contributed by atoms with van der Waals surface area (Å²) in [5.74, 6) is 0.0161. The third kappa shape index (κ3) is 7.21. The van der Waals surface area contributed by atoms with Crippen LogP contribution in [0.4, 0.5) is 4.79 Å². The SMILES string of the molecule is COC(=O)c1cccc(Br)c1OCCCCNC(=O)OC(C)(C)C. The normalized spacial score (nSPS) is 10.9. The van der Waals surface area contributed by atoms with Crippen molar-refractivity contribution in [3.8, 4) is 5.75 Å². The van der Waals surface area contributed by atoms with Gasteiger partial charge in [-0.2, -0.15) is 0 Å². The summed E-state index contributed by atoms with van der Waals surface area (Å²) in [6, 6.07) is 5.19. The van der Waals surface area contributed by atoms with Crippen LogP contribution >= 0.6 is 15.9 Å². The molecule has 0 saturated heterocycles. The molecule has 0 bridgehead atoms. The highest BCUT2D eigenvalue weighted by Gasteiger charge is 2.16. The van der Waals surface area contributed by atoms with E-state index in [4.69, 9.17) is 14.2 Å². The highest BCUT2D eigenvalue weighted by Crippen LogP contribution is 2.29. The van der Waals surface area contributed by atoms with Crippen molar-refractivity contribution in [1.29, 1.82) is 0 Å². The Bertz CT molecular complexity index is 569. The summed E-state index contributed by atoms with van der Waals surface area (Å²) in [5, 5.41) is 2.69. The van der Waals surface area contributed by atoms with Crippen LogP contribution in [0.15, 0.2) is 22.7 Å². The first-order valence-electron chi connectivity index (χ1n) is 7.71. The van der Waals surface area contributed by atoms with Gasteiger partial charge in [-0.25, -0.2) is 9.59 Å². The first-order chi connectivity index (χ1) is 11.2. The molecular formula is C17H24BrNO5. The number of halogens is 1. The highest BCUT2D eigenvalue weighted by molar-refractivity contribution is 9.10. The van der Waals surface area contributed by atoms with Crippen molar-refractivity contribution in [2.45, 2.75) is 39.2 Å². The van der Waals surface area contributed by atoms with Gasteiger partial charge in [-0.15, -0.1) is 0 Å². The number of para-hydroxylation sites is 1. The third-order valence-corrected chi connectivity index (χ3v) is 3.48. The van der Waals surface area contributed by atoms with E-state index in [1.165, 1.54) is 7.11 Å². The summed E-state index contributed by atoms with van der Waals surface area (Å²) in [6.07, 6.45) is 1.02. The van der Waals surface area contributed by atoms with Crippen LogP contribution in [0.2, 0.25) is 0 Å². The largest absolute Gasteiger partial charge is 0.491 e. The molecule has 1 amide bonds. The number of amides is 1. The molecule has 1 aromatic rings. The topological polar surface area (TPSA) is 73.9 Å². The lowest BCUT2D eigenvalue weighted by molar-refractivity contribution is 0.0524. The van der Waals surface area contributed by atoms with Gasteiger partial charge in [-0.1, -0.05) is 6.07 Å². The van der Waals surface area contributed by atoms with Crippen molar-refractivity contribution in [1.82, 2.24) is 5.32 Å². The van der Waals surface area contributed by atoms with Gasteiger partial charge in [0.15, 0.2) is 0 Å². The Kier molecular flexibility index (Phi) is 8.04. The van der Waals surface area contributed by atoms with E-state index < -0.39 is 17.7 Å². The molecule has 0 fully saturated rings. The van der Waals surface area contributed by atoms with E-state index in [2.05, 4.69) is 21.2 Å². The molecule has 1 aromatic carbocycles. The average molecular weight is 402 g/mol. The molecule has 0 spiro atoms. The first kappa shape index (κ1) is 20.3. The lowest BCUT2D eigenvalue weighted by Crippen LogP contribution is -2.33. The average Bonchev–Trinajstić information content (AvgIpc) is 2.49. The van der Waals surface area contributed by atoms with Gasteiger partial charge in [0, 0.05) is 6.54 Å². The van der Waals surface area contributed by atoms with Gasteiger partial charge in [-0.3, -0.25) is 0 Å². The zero-order valence-corrected chi connectivity index (χ0v) is 16.1. The van der Waals surface area contributed by atoms with Gasteiger partial charge < -0.3 is 19.5 Å². The summed E-state index contributed by atoms with van der Waals surface area (Å²) in [7, 11) is 1.33. The van der Waals surface area contributed by atoms with Crippen molar-refractivity contribution in [2.24, 2.45) is 0 Å². The van der Waals surface area contributed by atoms with Gasteiger partial charge in [-0.05, 0) is 61.7 Å². The Hall–Kier alpha value is -1.76. The molecule has 0 aromatic heterocycles. The minimum Gasteiger partial charge on any atom is -0.491 e. The van der Waals surface area contributed by atoms with Crippen LogP contribution in [0.5, 0.6) is 5.75 Å². The second-order valence-corrected chi connectivity index (χ2v) is 6.95. The smallest absolute Gasteiger partial charge is 0.407 e. The van der Waals surface area contributed by atoms with Crippen molar-refractivity contribution in [3.05, 3.63) is 28.2 Å². The van der Waals surface area contributed by atoms with Crippen molar-refractivity contribution >= 4 is 28.0 Å². The Morgan fingerprint density at radius 3 is 2.54 bits per heavy atom. The number of methoxy groups -OCH3 is 1. The molecule has 134 valence electrons. The molecular weight excluding hydrogens is 378 g/mol. The van der Waals surface area contributed by atoms with Gasteiger partial charge in [0.05, 0.1) is 18.2 Å². The molecule has 0 radical (unpaired) electrons. The molecule has 1 rings (SSSR count). The van der Waals surface area contributed by atoms with E-state index in [0.29, 0.717) is 28.9 Å². The molecule has 0 aliphatic heterocycles. The van der Waals surface area contributed by atoms with Gasteiger partial charge in [0.2, 0.25) is 0 Å². The molecule has 0 atom stereocenters. The standard InChI is InChI=1S/C17H24BrNO5/c1-17(2,3)24-16(21)19-10-5-6-11-23-14-12(15(20)22-4)8-7-9-13(14)18/h7-9H,5-6,10-11H2,1-4H3,(H,19,21). The summed E-state index contributed by atoms with van der Waals surface area (Å²) in [5.41, 5.74) is -0.129. The molecule has 1 N–H and O–H groups in total. The number of carbonyl (C=O) groups is 2. The predicted molar refractivity (Wildman–Crippen MR) is 94.4 cm³/mol. The maximum Gasteiger partial charge on any atom is 0.407 e. The van der Waals surface area contributed by atoms with E-state index in [0.717, 1.165) is 12.8 Å². The number of unbranched alkanes of at least 4 members (excludes halogenated alkanes) is 1. The molecule has 24 heavy (non-hydrogen) atoms. The number of nitrogens with one attached hydrogen (secondary N) is 1. The van der Waals surface area contributed by atoms with Crippen molar-refractivity contribution in [2.75, 3.05) is 20.3 Å². The van der Waals surface area contributed by atoms with Crippen LogP contribution < -0.4 is 10.1 Å². The summed E-state index contributed by atoms with van der Waals surface area (Å²) in [4.78, 5) is 23.2.